The van der Waals surface area contributed by atoms with E-state index in [1.165, 1.54) is 17.7 Å². The summed E-state index contributed by atoms with van der Waals surface area (Å²) in [5.74, 6) is 0. The minimum atomic E-state index is -0.165. The van der Waals surface area contributed by atoms with Gasteiger partial charge in [-0.2, -0.15) is 0 Å². The van der Waals surface area contributed by atoms with Gasteiger partial charge < -0.3 is 10.4 Å². The summed E-state index contributed by atoms with van der Waals surface area (Å²) in [6.45, 7) is 4.28. The maximum atomic E-state index is 9.82. The molecule has 0 saturated heterocycles. The summed E-state index contributed by atoms with van der Waals surface area (Å²) in [5.41, 5.74) is 2.60. The van der Waals surface area contributed by atoms with Gasteiger partial charge in [0.25, 0.3) is 0 Å². The molecule has 0 bridgehead atoms. The fourth-order valence-corrected chi connectivity index (χ4v) is 3.20. The van der Waals surface area contributed by atoms with Crippen LogP contribution in [-0.4, -0.2) is 22.2 Å². The van der Waals surface area contributed by atoms with Crippen molar-refractivity contribution in [1.82, 2.24) is 10.3 Å². The predicted octanol–water partition coefficient (Wildman–Crippen LogP) is 2.21. The molecule has 3 unspecified atom stereocenters. The van der Waals surface area contributed by atoms with E-state index < -0.39 is 0 Å². The summed E-state index contributed by atoms with van der Waals surface area (Å²) in [7, 11) is 0. The van der Waals surface area contributed by atoms with Crippen LogP contribution in [0.2, 0.25) is 0 Å². The standard InChI is InChI=1S/C15H22N2O/c1-15(2)12(9-13(15)18)17-11-7-3-5-10-6-4-8-16-14(10)11/h4,6,8,11-13,17-18H,3,5,7,9H2,1-2H3. The maximum Gasteiger partial charge on any atom is 0.0621 e. The zero-order valence-electron chi connectivity index (χ0n) is 11.2. The van der Waals surface area contributed by atoms with Crippen LogP contribution in [0.1, 0.15) is 50.4 Å². The molecule has 3 nitrogen and oxygen atoms in total. The number of nitrogens with zero attached hydrogens (tertiary/aromatic N) is 1. The lowest BCUT2D eigenvalue weighted by Crippen LogP contribution is -2.60. The predicted molar refractivity (Wildman–Crippen MR) is 71.2 cm³/mol. The number of aryl methyl sites for hydroxylation is 1. The van der Waals surface area contributed by atoms with Crippen molar-refractivity contribution >= 4 is 0 Å². The third-order valence-electron chi connectivity index (χ3n) is 4.81. The summed E-state index contributed by atoms with van der Waals surface area (Å²) < 4.78 is 0. The van der Waals surface area contributed by atoms with Gasteiger partial charge in [0, 0.05) is 23.7 Å². The lowest BCUT2D eigenvalue weighted by Gasteiger charge is -2.51. The first-order valence-electron chi connectivity index (χ1n) is 6.97. The number of nitrogens with one attached hydrogen (secondary N) is 1. The highest BCUT2D eigenvalue weighted by molar-refractivity contribution is 5.26. The van der Waals surface area contributed by atoms with Crippen LogP contribution in [0.3, 0.4) is 0 Å². The molecule has 1 aromatic heterocycles. The zero-order valence-corrected chi connectivity index (χ0v) is 11.2. The summed E-state index contributed by atoms with van der Waals surface area (Å²) in [6, 6.07) is 4.99. The molecule has 2 aliphatic rings. The number of rotatable bonds is 2. The van der Waals surface area contributed by atoms with Crippen molar-refractivity contribution < 1.29 is 5.11 Å². The molecule has 18 heavy (non-hydrogen) atoms. The fraction of sp³-hybridized carbons (Fsp3) is 0.667. The van der Waals surface area contributed by atoms with E-state index in [2.05, 4.69) is 30.2 Å². The van der Waals surface area contributed by atoms with Gasteiger partial charge in [-0.1, -0.05) is 19.9 Å². The molecule has 2 N–H and O–H groups in total. The van der Waals surface area contributed by atoms with E-state index in [4.69, 9.17) is 0 Å². The molecule has 3 rings (SSSR count). The fourth-order valence-electron chi connectivity index (χ4n) is 3.20. The molecule has 1 saturated carbocycles. The van der Waals surface area contributed by atoms with Gasteiger partial charge in [-0.05, 0) is 37.3 Å². The molecule has 0 aliphatic heterocycles. The van der Waals surface area contributed by atoms with Gasteiger partial charge in [0.15, 0.2) is 0 Å². The topological polar surface area (TPSA) is 45.1 Å². The Hall–Kier alpha value is -0.930. The van der Waals surface area contributed by atoms with Gasteiger partial charge >= 0.3 is 0 Å². The minimum Gasteiger partial charge on any atom is -0.392 e. The highest BCUT2D eigenvalue weighted by Crippen LogP contribution is 2.42. The number of fused-ring (bicyclic) bond motifs is 1. The minimum absolute atomic E-state index is 0.00755. The third kappa shape index (κ3) is 1.86. The monoisotopic (exact) mass is 246 g/mol. The van der Waals surface area contributed by atoms with E-state index in [1.54, 1.807) is 0 Å². The number of aromatic nitrogens is 1. The number of aliphatic hydroxyl groups is 1. The van der Waals surface area contributed by atoms with Gasteiger partial charge in [0.05, 0.1) is 11.8 Å². The van der Waals surface area contributed by atoms with Crippen molar-refractivity contribution in [3.05, 3.63) is 29.6 Å². The van der Waals surface area contributed by atoms with Crippen LogP contribution in [0.15, 0.2) is 18.3 Å². The van der Waals surface area contributed by atoms with E-state index in [0.29, 0.717) is 12.1 Å². The first-order chi connectivity index (χ1) is 8.59. The van der Waals surface area contributed by atoms with Crippen molar-refractivity contribution in [2.75, 3.05) is 0 Å². The van der Waals surface area contributed by atoms with E-state index in [9.17, 15) is 5.11 Å². The molecule has 1 fully saturated rings. The molecular weight excluding hydrogens is 224 g/mol. The first-order valence-corrected chi connectivity index (χ1v) is 6.97. The smallest absolute Gasteiger partial charge is 0.0621 e. The Morgan fingerprint density at radius 3 is 3.00 bits per heavy atom. The van der Waals surface area contributed by atoms with Crippen LogP contribution < -0.4 is 5.32 Å². The molecule has 0 radical (unpaired) electrons. The van der Waals surface area contributed by atoms with Crippen LogP contribution in [0.25, 0.3) is 0 Å². The Kier molecular flexibility index (Phi) is 2.91. The van der Waals surface area contributed by atoms with E-state index in [-0.39, 0.29) is 11.5 Å². The van der Waals surface area contributed by atoms with Crippen LogP contribution in [-0.2, 0) is 6.42 Å². The molecule has 1 aromatic rings. The second-order valence-corrected chi connectivity index (χ2v) is 6.28. The number of hydrogen-bond donors (Lipinski definition) is 2. The van der Waals surface area contributed by atoms with E-state index in [1.807, 2.05) is 12.3 Å². The molecule has 1 heterocycles. The highest BCUT2D eigenvalue weighted by atomic mass is 16.3. The highest BCUT2D eigenvalue weighted by Gasteiger charge is 2.48. The van der Waals surface area contributed by atoms with Crippen LogP contribution in [0, 0.1) is 5.41 Å². The number of hydrogen-bond acceptors (Lipinski definition) is 3. The maximum absolute atomic E-state index is 9.82. The van der Waals surface area contributed by atoms with Gasteiger partial charge in [-0.25, -0.2) is 0 Å². The molecule has 0 spiro atoms. The SMILES string of the molecule is CC1(C)C(O)CC1NC1CCCc2cccnc21. The molecule has 3 atom stereocenters. The summed E-state index contributed by atoms with van der Waals surface area (Å²) in [5, 5.41) is 13.5. The normalized spacial score (nSPS) is 33.6. The van der Waals surface area contributed by atoms with Gasteiger partial charge in [-0.15, -0.1) is 0 Å². The third-order valence-corrected chi connectivity index (χ3v) is 4.81. The molecule has 0 aromatic carbocycles. The van der Waals surface area contributed by atoms with Crippen molar-refractivity contribution in [3.63, 3.8) is 0 Å². The van der Waals surface area contributed by atoms with Crippen LogP contribution in [0.5, 0.6) is 0 Å². The molecule has 2 aliphatic carbocycles. The largest absolute Gasteiger partial charge is 0.392 e. The first kappa shape index (κ1) is 12.1. The Morgan fingerprint density at radius 2 is 2.28 bits per heavy atom. The van der Waals surface area contributed by atoms with Crippen molar-refractivity contribution in [3.8, 4) is 0 Å². The van der Waals surface area contributed by atoms with Gasteiger partial charge in [0.2, 0.25) is 0 Å². The van der Waals surface area contributed by atoms with E-state index >= 15 is 0 Å². The van der Waals surface area contributed by atoms with Crippen LogP contribution >= 0.6 is 0 Å². The Labute approximate surface area is 109 Å². The van der Waals surface area contributed by atoms with Crippen LogP contribution in [0.4, 0.5) is 0 Å². The van der Waals surface area contributed by atoms with Gasteiger partial charge in [0.1, 0.15) is 0 Å². The van der Waals surface area contributed by atoms with Crippen molar-refractivity contribution in [2.24, 2.45) is 5.41 Å². The molecule has 0 amide bonds. The van der Waals surface area contributed by atoms with Crippen molar-refractivity contribution in [1.29, 1.82) is 0 Å². The average molecular weight is 246 g/mol. The van der Waals surface area contributed by atoms with E-state index in [0.717, 1.165) is 19.3 Å². The Morgan fingerprint density at radius 1 is 1.44 bits per heavy atom. The average Bonchev–Trinajstić information content (AvgIpc) is 2.39. The summed E-state index contributed by atoms with van der Waals surface area (Å²) in [4.78, 5) is 4.55. The zero-order chi connectivity index (χ0) is 12.8. The van der Waals surface area contributed by atoms with Gasteiger partial charge in [-0.3, -0.25) is 4.98 Å². The second kappa shape index (κ2) is 4.32. The Bertz CT molecular complexity index is 444. The second-order valence-electron chi connectivity index (χ2n) is 6.28. The quantitative estimate of drug-likeness (QED) is 0.841. The molecular formula is C15H22N2O. The van der Waals surface area contributed by atoms with Crippen molar-refractivity contribution in [2.45, 2.75) is 57.7 Å². The number of pyridine rings is 1. The Balaban J connectivity index is 1.76. The summed E-state index contributed by atoms with van der Waals surface area (Å²) >= 11 is 0. The lowest BCUT2D eigenvalue weighted by atomic mass is 9.64. The lowest BCUT2D eigenvalue weighted by molar-refractivity contribution is -0.0767. The molecule has 98 valence electrons. The molecule has 3 heteroatoms. The number of aliphatic hydroxyl groups excluding tert-OH is 1. The summed E-state index contributed by atoms with van der Waals surface area (Å²) in [6.07, 6.45) is 6.13.